The summed E-state index contributed by atoms with van der Waals surface area (Å²) in [5.41, 5.74) is 6.47. The van der Waals surface area contributed by atoms with Crippen molar-refractivity contribution in [2.75, 3.05) is 19.6 Å². The van der Waals surface area contributed by atoms with Gasteiger partial charge in [-0.2, -0.15) is 5.26 Å². The molecule has 0 radical (unpaired) electrons. The zero-order chi connectivity index (χ0) is 11.6. The molecule has 2 aliphatic rings. The van der Waals surface area contributed by atoms with Gasteiger partial charge in [0.05, 0.1) is 6.07 Å². The van der Waals surface area contributed by atoms with Crippen LogP contribution in [0.15, 0.2) is 0 Å². The Bertz CT molecular complexity index is 277. The molecule has 0 aromatic heterocycles. The third kappa shape index (κ3) is 2.56. The number of nitrogens with zero attached hydrogens (tertiary/aromatic N) is 2. The van der Waals surface area contributed by atoms with E-state index in [1.807, 2.05) is 0 Å². The van der Waals surface area contributed by atoms with Gasteiger partial charge in [0, 0.05) is 25.6 Å². The Kier molecular flexibility index (Phi) is 3.51. The van der Waals surface area contributed by atoms with Gasteiger partial charge < -0.3 is 10.6 Å². The smallest absolute Gasteiger partial charge is 0.0628 e. The van der Waals surface area contributed by atoms with Crippen LogP contribution in [0.5, 0.6) is 0 Å². The number of hydrogen-bond acceptors (Lipinski definition) is 3. The predicted molar refractivity (Wildman–Crippen MR) is 64.7 cm³/mol. The van der Waals surface area contributed by atoms with Crippen LogP contribution in [0.4, 0.5) is 0 Å². The van der Waals surface area contributed by atoms with Gasteiger partial charge in [-0.15, -0.1) is 0 Å². The van der Waals surface area contributed by atoms with Crippen LogP contribution in [-0.4, -0.2) is 30.6 Å². The van der Waals surface area contributed by atoms with E-state index >= 15 is 0 Å². The molecule has 0 bridgehead atoms. The van der Waals surface area contributed by atoms with Crippen molar-refractivity contribution in [1.82, 2.24) is 4.90 Å². The SMILES string of the molecule is CCC1CN(CC2(CC#N)CC2)CCC1N. The molecular formula is C13H23N3. The summed E-state index contributed by atoms with van der Waals surface area (Å²) in [5.74, 6) is 0.659. The van der Waals surface area contributed by atoms with Crippen LogP contribution in [0.1, 0.15) is 39.0 Å². The highest BCUT2D eigenvalue weighted by Crippen LogP contribution is 2.49. The summed E-state index contributed by atoms with van der Waals surface area (Å²) in [5, 5.41) is 8.82. The van der Waals surface area contributed by atoms with Crippen molar-refractivity contribution in [3.05, 3.63) is 0 Å². The highest BCUT2D eigenvalue weighted by Gasteiger charge is 2.44. The van der Waals surface area contributed by atoms with Crippen molar-refractivity contribution < 1.29 is 0 Å². The quantitative estimate of drug-likeness (QED) is 0.786. The Labute approximate surface area is 98.6 Å². The molecule has 2 fully saturated rings. The van der Waals surface area contributed by atoms with Gasteiger partial charge in [-0.3, -0.25) is 0 Å². The van der Waals surface area contributed by atoms with E-state index in [1.165, 1.54) is 19.3 Å². The van der Waals surface area contributed by atoms with Gasteiger partial charge in [0.1, 0.15) is 0 Å². The Morgan fingerprint density at radius 2 is 2.25 bits per heavy atom. The number of likely N-dealkylation sites (tertiary alicyclic amines) is 1. The molecule has 1 heterocycles. The molecule has 1 saturated carbocycles. The fraction of sp³-hybridized carbons (Fsp3) is 0.923. The first-order valence-corrected chi connectivity index (χ1v) is 6.54. The van der Waals surface area contributed by atoms with Crippen LogP contribution in [0, 0.1) is 22.7 Å². The molecule has 16 heavy (non-hydrogen) atoms. The number of hydrogen-bond donors (Lipinski definition) is 1. The van der Waals surface area contributed by atoms with Crippen molar-refractivity contribution in [2.45, 2.75) is 45.1 Å². The summed E-state index contributed by atoms with van der Waals surface area (Å²) >= 11 is 0. The molecule has 2 rings (SSSR count). The number of piperidine rings is 1. The Morgan fingerprint density at radius 1 is 1.50 bits per heavy atom. The topological polar surface area (TPSA) is 53.0 Å². The maximum absolute atomic E-state index is 8.82. The zero-order valence-electron chi connectivity index (χ0n) is 10.3. The van der Waals surface area contributed by atoms with Gasteiger partial charge in [0.15, 0.2) is 0 Å². The van der Waals surface area contributed by atoms with E-state index in [0.717, 1.165) is 32.5 Å². The lowest BCUT2D eigenvalue weighted by Crippen LogP contribution is -2.48. The average Bonchev–Trinajstić information content (AvgIpc) is 3.01. The second-order valence-electron chi connectivity index (χ2n) is 5.69. The van der Waals surface area contributed by atoms with Gasteiger partial charge in [0.2, 0.25) is 0 Å². The summed E-state index contributed by atoms with van der Waals surface area (Å²) < 4.78 is 0. The van der Waals surface area contributed by atoms with Crippen molar-refractivity contribution in [3.8, 4) is 6.07 Å². The summed E-state index contributed by atoms with van der Waals surface area (Å²) in [6.07, 6.45) is 5.55. The first kappa shape index (κ1) is 11.9. The second-order valence-corrected chi connectivity index (χ2v) is 5.69. The fourth-order valence-electron chi connectivity index (χ4n) is 2.91. The third-order valence-electron chi connectivity index (χ3n) is 4.37. The summed E-state index contributed by atoms with van der Waals surface area (Å²) in [6, 6.07) is 2.74. The molecule has 0 aromatic carbocycles. The van der Waals surface area contributed by atoms with Gasteiger partial charge in [0.25, 0.3) is 0 Å². The van der Waals surface area contributed by atoms with E-state index in [1.54, 1.807) is 0 Å². The number of nitrogens with two attached hydrogens (primary N) is 1. The largest absolute Gasteiger partial charge is 0.327 e. The van der Waals surface area contributed by atoms with Gasteiger partial charge in [-0.05, 0) is 37.1 Å². The van der Waals surface area contributed by atoms with Crippen LogP contribution >= 0.6 is 0 Å². The lowest BCUT2D eigenvalue weighted by atomic mass is 9.89. The molecule has 0 aromatic rings. The second kappa shape index (κ2) is 4.73. The van der Waals surface area contributed by atoms with E-state index in [9.17, 15) is 0 Å². The van der Waals surface area contributed by atoms with Crippen LogP contribution in [0.3, 0.4) is 0 Å². The Balaban J connectivity index is 1.85. The lowest BCUT2D eigenvalue weighted by Gasteiger charge is -2.38. The molecule has 0 spiro atoms. The molecule has 1 aliphatic carbocycles. The minimum Gasteiger partial charge on any atom is -0.327 e. The number of nitriles is 1. The molecule has 90 valence electrons. The number of rotatable bonds is 4. The minimum atomic E-state index is 0.356. The molecule has 2 unspecified atom stereocenters. The lowest BCUT2D eigenvalue weighted by molar-refractivity contribution is 0.127. The highest BCUT2D eigenvalue weighted by atomic mass is 15.2. The summed E-state index contributed by atoms with van der Waals surface area (Å²) in [4.78, 5) is 2.54. The molecule has 1 aliphatic heterocycles. The predicted octanol–water partition coefficient (Wildman–Crippen LogP) is 1.74. The Hall–Kier alpha value is -0.590. The van der Waals surface area contributed by atoms with Crippen molar-refractivity contribution >= 4 is 0 Å². The molecule has 0 amide bonds. The normalized spacial score (nSPS) is 33.3. The van der Waals surface area contributed by atoms with Crippen LogP contribution in [0.25, 0.3) is 0 Å². The first-order valence-electron chi connectivity index (χ1n) is 6.54. The van der Waals surface area contributed by atoms with Crippen molar-refractivity contribution in [1.29, 1.82) is 5.26 Å². The van der Waals surface area contributed by atoms with Gasteiger partial charge >= 0.3 is 0 Å². The summed E-state index contributed by atoms with van der Waals surface area (Å²) in [6.45, 7) is 5.63. The third-order valence-corrected chi connectivity index (χ3v) is 4.37. The van der Waals surface area contributed by atoms with Gasteiger partial charge in [-0.25, -0.2) is 0 Å². The zero-order valence-corrected chi connectivity index (χ0v) is 10.3. The van der Waals surface area contributed by atoms with Crippen molar-refractivity contribution in [3.63, 3.8) is 0 Å². The van der Waals surface area contributed by atoms with Gasteiger partial charge in [-0.1, -0.05) is 13.3 Å². The molecule has 1 saturated heterocycles. The van der Waals surface area contributed by atoms with E-state index in [0.29, 0.717) is 17.4 Å². The highest BCUT2D eigenvalue weighted by molar-refractivity contribution is 5.02. The molecule has 3 nitrogen and oxygen atoms in total. The maximum Gasteiger partial charge on any atom is 0.0628 e. The molecule has 3 heteroatoms. The van der Waals surface area contributed by atoms with E-state index in [-0.39, 0.29) is 0 Å². The fourth-order valence-corrected chi connectivity index (χ4v) is 2.91. The monoisotopic (exact) mass is 221 g/mol. The van der Waals surface area contributed by atoms with Crippen LogP contribution in [0.2, 0.25) is 0 Å². The van der Waals surface area contributed by atoms with E-state index in [2.05, 4.69) is 17.9 Å². The van der Waals surface area contributed by atoms with E-state index < -0.39 is 0 Å². The average molecular weight is 221 g/mol. The van der Waals surface area contributed by atoms with Crippen molar-refractivity contribution in [2.24, 2.45) is 17.1 Å². The molecule has 2 atom stereocenters. The molecular weight excluding hydrogens is 198 g/mol. The minimum absolute atomic E-state index is 0.356. The first-order chi connectivity index (χ1) is 7.69. The molecule has 2 N–H and O–H groups in total. The maximum atomic E-state index is 8.82. The summed E-state index contributed by atoms with van der Waals surface area (Å²) in [7, 11) is 0. The van der Waals surface area contributed by atoms with Crippen LogP contribution < -0.4 is 5.73 Å². The van der Waals surface area contributed by atoms with E-state index in [4.69, 9.17) is 11.0 Å². The Morgan fingerprint density at radius 3 is 2.81 bits per heavy atom. The standard InChI is InChI=1S/C13H23N3/c1-2-11-9-16(8-3-12(11)15)10-13(4-5-13)6-7-14/h11-12H,2-6,8-10,15H2,1H3. The van der Waals surface area contributed by atoms with Crippen LogP contribution in [-0.2, 0) is 0 Å².